The van der Waals surface area contributed by atoms with E-state index in [1.807, 2.05) is 42.5 Å². The first kappa shape index (κ1) is 20.8. The normalized spacial score (nSPS) is 10.7. The maximum absolute atomic E-state index is 13.0. The Morgan fingerprint density at radius 2 is 1.93 bits per heavy atom. The van der Waals surface area contributed by atoms with Crippen molar-refractivity contribution in [2.75, 3.05) is 6.61 Å². The van der Waals surface area contributed by atoms with Crippen LogP contribution in [0.5, 0.6) is 0 Å². The SMILES string of the molecule is Cc1nc(-c2ccccc2)n(CC(=O)NCc2cccc(Cl)c2)c(=O)c1CCO. The zero-order valence-corrected chi connectivity index (χ0v) is 16.8. The van der Waals surface area contributed by atoms with Gasteiger partial charge in [-0.2, -0.15) is 0 Å². The van der Waals surface area contributed by atoms with Gasteiger partial charge in [-0.15, -0.1) is 0 Å². The van der Waals surface area contributed by atoms with E-state index in [0.717, 1.165) is 11.1 Å². The van der Waals surface area contributed by atoms with Crippen LogP contribution in [0.3, 0.4) is 0 Å². The molecule has 0 atom stereocenters. The summed E-state index contributed by atoms with van der Waals surface area (Å²) in [7, 11) is 0. The van der Waals surface area contributed by atoms with Crippen molar-refractivity contribution in [1.82, 2.24) is 14.9 Å². The Balaban J connectivity index is 1.90. The molecule has 2 aromatic carbocycles. The van der Waals surface area contributed by atoms with Crippen LogP contribution in [0.2, 0.25) is 5.02 Å². The van der Waals surface area contributed by atoms with Crippen LogP contribution < -0.4 is 10.9 Å². The number of halogens is 1. The van der Waals surface area contributed by atoms with Crippen molar-refractivity contribution in [2.24, 2.45) is 0 Å². The monoisotopic (exact) mass is 411 g/mol. The summed E-state index contributed by atoms with van der Waals surface area (Å²) in [6.45, 7) is 1.71. The highest BCUT2D eigenvalue weighted by molar-refractivity contribution is 6.30. The molecule has 0 saturated heterocycles. The average Bonchev–Trinajstić information content (AvgIpc) is 2.72. The Hall–Kier alpha value is -2.96. The number of carbonyl (C=O) groups excluding carboxylic acids is 1. The van der Waals surface area contributed by atoms with Gasteiger partial charge in [0, 0.05) is 41.4 Å². The van der Waals surface area contributed by atoms with Gasteiger partial charge in [0.15, 0.2) is 0 Å². The molecule has 0 saturated carbocycles. The topological polar surface area (TPSA) is 84.2 Å². The number of amides is 1. The Morgan fingerprint density at radius 3 is 2.62 bits per heavy atom. The number of aliphatic hydroxyl groups excluding tert-OH is 1. The molecule has 1 heterocycles. The summed E-state index contributed by atoms with van der Waals surface area (Å²) in [5.41, 5.74) is 2.26. The molecule has 0 aliphatic rings. The smallest absolute Gasteiger partial charge is 0.257 e. The van der Waals surface area contributed by atoms with Crippen molar-refractivity contribution in [3.8, 4) is 11.4 Å². The van der Waals surface area contributed by atoms with Crippen LogP contribution in [-0.2, 0) is 24.3 Å². The van der Waals surface area contributed by atoms with Crippen LogP contribution in [0.25, 0.3) is 11.4 Å². The van der Waals surface area contributed by atoms with Gasteiger partial charge >= 0.3 is 0 Å². The van der Waals surface area contributed by atoms with E-state index >= 15 is 0 Å². The number of nitrogens with one attached hydrogen (secondary N) is 1. The zero-order chi connectivity index (χ0) is 20.8. The molecule has 0 aliphatic carbocycles. The molecule has 7 heteroatoms. The molecule has 6 nitrogen and oxygen atoms in total. The van der Waals surface area contributed by atoms with Crippen LogP contribution in [0.4, 0.5) is 0 Å². The van der Waals surface area contributed by atoms with Gasteiger partial charge in [-0.05, 0) is 24.6 Å². The van der Waals surface area contributed by atoms with Gasteiger partial charge in [-0.3, -0.25) is 14.2 Å². The minimum atomic E-state index is -0.316. The lowest BCUT2D eigenvalue weighted by molar-refractivity contribution is -0.121. The van der Waals surface area contributed by atoms with Crippen molar-refractivity contribution in [3.05, 3.63) is 86.8 Å². The molecular formula is C22H22ClN3O3. The maximum Gasteiger partial charge on any atom is 0.257 e. The first-order valence-corrected chi connectivity index (χ1v) is 9.65. The van der Waals surface area contributed by atoms with E-state index in [1.165, 1.54) is 4.57 Å². The van der Waals surface area contributed by atoms with Crippen molar-refractivity contribution in [3.63, 3.8) is 0 Å². The Kier molecular flexibility index (Phi) is 6.80. The van der Waals surface area contributed by atoms with Gasteiger partial charge in [-0.1, -0.05) is 54.1 Å². The molecule has 0 spiro atoms. The van der Waals surface area contributed by atoms with Crippen molar-refractivity contribution in [2.45, 2.75) is 26.4 Å². The van der Waals surface area contributed by atoms with Gasteiger partial charge in [0.25, 0.3) is 5.56 Å². The fraction of sp³-hybridized carbons (Fsp3) is 0.227. The molecule has 0 radical (unpaired) electrons. The van der Waals surface area contributed by atoms with Crippen molar-refractivity contribution >= 4 is 17.5 Å². The van der Waals surface area contributed by atoms with Crippen LogP contribution in [0.15, 0.2) is 59.4 Å². The van der Waals surface area contributed by atoms with Crippen molar-refractivity contribution < 1.29 is 9.90 Å². The highest BCUT2D eigenvalue weighted by Gasteiger charge is 2.17. The second kappa shape index (κ2) is 9.49. The molecule has 1 aromatic heterocycles. The minimum Gasteiger partial charge on any atom is -0.396 e. The van der Waals surface area contributed by atoms with Gasteiger partial charge in [0.2, 0.25) is 5.91 Å². The van der Waals surface area contributed by atoms with Crippen LogP contribution in [0, 0.1) is 6.92 Å². The lowest BCUT2D eigenvalue weighted by Gasteiger charge is -2.16. The molecule has 0 bridgehead atoms. The molecule has 1 amide bonds. The summed E-state index contributed by atoms with van der Waals surface area (Å²) in [6, 6.07) is 16.5. The predicted molar refractivity (Wildman–Crippen MR) is 113 cm³/mol. The first-order valence-electron chi connectivity index (χ1n) is 9.27. The van der Waals surface area contributed by atoms with Gasteiger partial charge < -0.3 is 10.4 Å². The third-order valence-electron chi connectivity index (χ3n) is 4.54. The van der Waals surface area contributed by atoms with E-state index in [-0.39, 0.29) is 31.0 Å². The fourth-order valence-corrected chi connectivity index (χ4v) is 3.31. The van der Waals surface area contributed by atoms with Gasteiger partial charge in [0.1, 0.15) is 12.4 Å². The summed E-state index contributed by atoms with van der Waals surface area (Å²) < 4.78 is 1.36. The summed E-state index contributed by atoms with van der Waals surface area (Å²) in [4.78, 5) is 30.2. The minimum absolute atomic E-state index is 0.163. The number of nitrogens with zero attached hydrogens (tertiary/aromatic N) is 2. The number of aromatic nitrogens is 2. The number of hydrogen-bond donors (Lipinski definition) is 2. The molecule has 0 unspecified atom stereocenters. The Bertz CT molecular complexity index is 1060. The van der Waals surface area contributed by atoms with Crippen LogP contribution >= 0.6 is 11.6 Å². The number of benzene rings is 2. The van der Waals surface area contributed by atoms with Crippen LogP contribution in [-0.4, -0.2) is 27.2 Å². The van der Waals surface area contributed by atoms with Crippen molar-refractivity contribution in [1.29, 1.82) is 0 Å². The molecule has 3 aromatic rings. The number of aliphatic hydroxyl groups is 1. The molecule has 0 aliphatic heterocycles. The fourth-order valence-electron chi connectivity index (χ4n) is 3.10. The molecule has 29 heavy (non-hydrogen) atoms. The largest absolute Gasteiger partial charge is 0.396 e. The van der Waals surface area contributed by atoms with E-state index in [9.17, 15) is 14.7 Å². The van der Waals surface area contributed by atoms with E-state index < -0.39 is 0 Å². The number of aryl methyl sites for hydroxylation is 1. The highest BCUT2D eigenvalue weighted by atomic mass is 35.5. The maximum atomic E-state index is 13.0. The van der Waals surface area contributed by atoms with E-state index in [4.69, 9.17) is 11.6 Å². The lowest BCUT2D eigenvalue weighted by Crippen LogP contribution is -2.35. The predicted octanol–water partition coefficient (Wildman–Crippen LogP) is 2.72. The number of rotatable bonds is 7. The summed E-state index contributed by atoms with van der Waals surface area (Å²) >= 11 is 5.97. The second-order valence-electron chi connectivity index (χ2n) is 6.64. The third-order valence-corrected chi connectivity index (χ3v) is 4.78. The number of hydrogen-bond acceptors (Lipinski definition) is 4. The average molecular weight is 412 g/mol. The Morgan fingerprint density at radius 1 is 1.17 bits per heavy atom. The van der Waals surface area contributed by atoms with Crippen LogP contribution in [0.1, 0.15) is 16.8 Å². The van der Waals surface area contributed by atoms with E-state index in [0.29, 0.717) is 28.6 Å². The van der Waals surface area contributed by atoms with E-state index in [2.05, 4.69) is 10.3 Å². The lowest BCUT2D eigenvalue weighted by atomic mass is 10.1. The molecule has 2 N–H and O–H groups in total. The zero-order valence-electron chi connectivity index (χ0n) is 16.1. The van der Waals surface area contributed by atoms with E-state index in [1.54, 1.807) is 19.1 Å². The third kappa shape index (κ3) is 5.10. The first-order chi connectivity index (χ1) is 14.0. The number of carbonyl (C=O) groups is 1. The molecule has 3 rings (SSSR count). The standard InChI is InChI=1S/C22H22ClN3O3/c1-15-19(10-11-27)22(29)26(21(25-15)17-7-3-2-4-8-17)14-20(28)24-13-16-6-5-9-18(23)12-16/h2-9,12,27H,10-11,13-14H2,1H3,(H,24,28). The summed E-state index contributed by atoms with van der Waals surface area (Å²) in [5, 5.41) is 12.7. The quantitative estimate of drug-likeness (QED) is 0.626. The molecular weight excluding hydrogens is 390 g/mol. The van der Waals surface area contributed by atoms with Gasteiger partial charge in [0.05, 0.1) is 0 Å². The second-order valence-corrected chi connectivity index (χ2v) is 7.07. The summed E-state index contributed by atoms with van der Waals surface area (Å²) in [5.74, 6) is 0.109. The van der Waals surface area contributed by atoms with Gasteiger partial charge in [-0.25, -0.2) is 4.98 Å². The molecule has 150 valence electrons. The summed E-state index contributed by atoms with van der Waals surface area (Å²) in [6.07, 6.45) is 0.191. The highest BCUT2D eigenvalue weighted by Crippen LogP contribution is 2.17. The molecule has 0 fully saturated rings. The Labute approximate surface area is 173 Å².